The monoisotopic (exact) mass is 389 g/mol. The Balaban J connectivity index is 1.88. The molecule has 2 aromatic carbocycles. The van der Waals surface area contributed by atoms with Gasteiger partial charge in [-0.15, -0.1) is 0 Å². The van der Waals surface area contributed by atoms with Crippen LogP contribution in [0.3, 0.4) is 0 Å². The van der Waals surface area contributed by atoms with Gasteiger partial charge in [-0.3, -0.25) is 4.79 Å². The molecule has 24 heavy (non-hydrogen) atoms. The van der Waals surface area contributed by atoms with Crippen LogP contribution >= 0.6 is 15.9 Å². The SMILES string of the molecule is CCc1ccc(OCC(=O)NC(C)(C)Cc2ccccc2)c(Br)c1. The smallest absolute Gasteiger partial charge is 0.258 e. The summed E-state index contributed by atoms with van der Waals surface area (Å²) in [4.78, 5) is 12.2. The van der Waals surface area contributed by atoms with Gasteiger partial charge in [0, 0.05) is 5.54 Å². The molecule has 0 spiro atoms. The Morgan fingerprint density at radius 1 is 1.12 bits per heavy atom. The molecule has 0 radical (unpaired) electrons. The van der Waals surface area contributed by atoms with E-state index in [9.17, 15) is 4.79 Å². The molecule has 2 rings (SSSR count). The highest BCUT2D eigenvalue weighted by Crippen LogP contribution is 2.26. The molecule has 0 aliphatic carbocycles. The van der Waals surface area contributed by atoms with Gasteiger partial charge < -0.3 is 10.1 Å². The van der Waals surface area contributed by atoms with Crippen LogP contribution < -0.4 is 10.1 Å². The molecule has 1 N–H and O–H groups in total. The number of hydrogen-bond acceptors (Lipinski definition) is 2. The van der Waals surface area contributed by atoms with E-state index in [1.807, 2.05) is 50.2 Å². The summed E-state index contributed by atoms with van der Waals surface area (Å²) in [6.45, 7) is 6.14. The summed E-state index contributed by atoms with van der Waals surface area (Å²) in [6, 6.07) is 16.1. The molecule has 0 heterocycles. The van der Waals surface area contributed by atoms with E-state index in [1.54, 1.807) is 0 Å². The minimum Gasteiger partial charge on any atom is -0.483 e. The normalized spacial score (nSPS) is 11.2. The highest BCUT2D eigenvalue weighted by Gasteiger charge is 2.21. The Morgan fingerprint density at radius 2 is 1.83 bits per heavy atom. The Kier molecular flexibility index (Phi) is 6.44. The van der Waals surface area contributed by atoms with Crippen LogP contribution in [0.15, 0.2) is 53.0 Å². The number of rotatable bonds is 7. The van der Waals surface area contributed by atoms with Gasteiger partial charge in [0.1, 0.15) is 5.75 Å². The second kappa shape index (κ2) is 8.34. The van der Waals surface area contributed by atoms with E-state index in [1.165, 1.54) is 11.1 Å². The second-order valence-electron chi connectivity index (χ2n) is 6.50. The zero-order valence-corrected chi connectivity index (χ0v) is 16.0. The van der Waals surface area contributed by atoms with Crippen molar-refractivity contribution in [1.82, 2.24) is 5.32 Å². The van der Waals surface area contributed by atoms with Crippen molar-refractivity contribution in [3.05, 3.63) is 64.1 Å². The van der Waals surface area contributed by atoms with E-state index in [0.29, 0.717) is 5.75 Å². The van der Waals surface area contributed by atoms with Gasteiger partial charge in [0.25, 0.3) is 5.91 Å². The van der Waals surface area contributed by atoms with E-state index in [4.69, 9.17) is 4.74 Å². The standard InChI is InChI=1S/C20H24BrNO2/c1-4-15-10-11-18(17(21)12-15)24-14-19(23)22-20(2,3)13-16-8-6-5-7-9-16/h5-12H,4,13-14H2,1-3H3,(H,22,23). The summed E-state index contributed by atoms with van der Waals surface area (Å²) in [5.41, 5.74) is 2.09. The maximum Gasteiger partial charge on any atom is 0.258 e. The predicted octanol–water partition coefficient (Wildman–Crippen LogP) is 4.53. The van der Waals surface area contributed by atoms with E-state index >= 15 is 0 Å². The van der Waals surface area contributed by atoms with Crippen molar-refractivity contribution in [3.63, 3.8) is 0 Å². The predicted molar refractivity (Wildman–Crippen MR) is 101 cm³/mol. The highest BCUT2D eigenvalue weighted by molar-refractivity contribution is 9.10. The number of halogens is 1. The highest BCUT2D eigenvalue weighted by atomic mass is 79.9. The minimum atomic E-state index is -0.328. The van der Waals surface area contributed by atoms with E-state index in [0.717, 1.165) is 17.3 Å². The molecular weight excluding hydrogens is 366 g/mol. The Labute approximate surface area is 152 Å². The number of carbonyl (C=O) groups is 1. The largest absolute Gasteiger partial charge is 0.483 e. The Bertz CT molecular complexity index is 683. The van der Waals surface area contributed by atoms with Crippen molar-refractivity contribution in [3.8, 4) is 5.75 Å². The van der Waals surface area contributed by atoms with Crippen molar-refractivity contribution < 1.29 is 9.53 Å². The number of aryl methyl sites for hydroxylation is 1. The first-order valence-corrected chi connectivity index (χ1v) is 8.95. The Morgan fingerprint density at radius 3 is 2.46 bits per heavy atom. The van der Waals surface area contributed by atoms with Crippen LogP contribution in [-0.2, 0) is 17.6 Å². The fourth-order valence-corrected chi connectivity index (χ4v) is 3.13. The second-order valence-corrected chi connectivity index (χ2v) is 7.36. The first-order chi connectivity index (χ1) is 11.4. The fourth-order valence-electron chi connectivity index (χ4n) is 2.59. The number of nitrogens with one attached hydrogen (secondary N) is 1. The van der Waals surface area contributed by atoms with Gasteiger partial charge in [0.2, 0.25) is 0 Å². The number of amides is 1. The molecule has 0 aliphatic rings. The molecule has 0 atom stereocenters. The molecule has 3 nitrogen and oxygen atoms in total. The molecule has 0 unspecified atom stereocenters. The molecular formula is C20H24BrNO2. The summed E-state index contributed by atoms with van der Waals surface area (Å²) in [5, 5.41) is 3.04. The van der Waals surface area contributed by atoms with Gasteiger partial charge in [0.15, 0.2) is 6.61 Å². The van der Waals surface area contributed by atoms with Crippen molar-refractivity contribution in [2.75, 3.05) is 6.61 Å². The molecule has 1 amide bonds. The van der Waals surface area contributed by atoms with Gasteiger partial charge in [-0.2, -0.15) is 0 Å². The number of ether oxygens (including phenoxy) is 1. The lowest BCUT2D eigenvalue weighted by atomic mass is 9.95. The molecule has 0 aromatic heterocycles. The lowest BCUT2D eigenvalue weighted by molar-refractivity contribution is -0.124. The van der Waals surface area contributed by atoms with Gasteiger partial charge in [-0.25, -0.2) is 0 Å². The fraction of sp³-hybridized carbons (Fsp3) is 0.350. The van der Waals surface area contributed by atoms with Gasteiger partial charge in [-0.1, -0.05) is 43.3 Å². The number of carbonyl (C=O) groups excluding carboxylic acids is 1. The van der Waals surface area contributed by atoms with Crippen LogP contribution in [0.4, 0.5) is 0 Å². The minimum absolute atomic E-state index is 0.00227. The van der Waals surface area contributed by atoms with Crippen LogP contribution in [0.5, 0.6) is 5.75 Å². The quantitative estimate of drug-likeness (QED) is 0.755. The van der Waals surface area contributed by atoms with Crippen molar-refractivity contribution in [2.45, 2.75) is 39.2 Å². The summed E-state index contributed by atoms with van der Waals surface area (Å²) < 4.78 is 6.51. The lowest BCUT2D eigenvalue weighted by Crippen LogP contribution is -2.47. The average Bonchev–Trinajstić information content (AvgIpc) is 2.53. The third-order valence-corrected chi connectivity index (χ3v) is 4.35. The van der Waals surface area contributed by atoms with Crippen molar-refractivity contribution >= 4 is 21.8 Å². The third kappa shape index (κ3) is 5.68. The molecule has 128 valence electrons. The number of hydrogen-bond donors (Lipinski definition) is 1. The Hall–Kier alpha value is -1.81. The van der Waals surface area contributed by atoms with Gasteiger partial charge in [-0.05, 0) is 65.9 Å². The first-order valence-electron chi connectivity index (χ1n) is 8.16. The van der Waals surface area contributed by atoms with Gasteiger partial charge >= 0.3 is 0 Å². The first kappa shape index (κ1) is 18.5. The lowest BCUT2D eigenvalue weighted by Gasteiger charge is -2.26. The molecule has 0 fully saturated rings. The van der Waals surface area contributed by atoms with Crippen LogP contribution in [0.25, 0.3) is 0 Å². The van der Waals surface area contributed by atoms with E-state index in [2.05, 4.69) is 40.3 Å². The maximum absolute atomic E-state index is 12.2. The molecule has 4 heteroatoms. The topological polar surface area (TPSA) is 38.3 Å². The van der Waals surface area contributed by atoms with Crippen LogP contribution in [0.2, 0.25) is 0 Å². The molecule has 0 saturated heterocycles. The van der Waals surface area contributed by atoms with Crippen LogP contribution in [-0.4, -0.2) is 18.1 Å². The zero-order valence-electron chi connectivity index (χ0n) is 14.4. The zero-order chi connectivity index (χ0) is 17.6. The van der Waals surface area contributed by atoms with Crippen molar-refractivity contribution in [1.29, 1.82) is 0 Å². The number of benzene rings is 2. The van der Waals surface area contributed by atoms with E-state index in [-0.39, 0.29) is 18.1 Å². The van der Waals surface area contributed by atoms with Crippen LogP contribution in [0.1, 0.15) is 31.9 Å². The van der Waals surface area contributed by atoms with Crippen molar-refractivity contribution in [2.24, 2.45) is 0 Å². The summed E-state index contributed by atoms with van der Waals surface area (Å²) >= 11 is 3.49. The molecule has 0 bridgehead atoms. The third-order valence-electron chi connectivity index (χ3n) is 3.73. The maximum atomic E-state index is 12.2. The van der Waals surface area contributed by atoms with Crippen LogP contribution in [0, 0.1) is 0 Å². The molecule has 0 aliphatic heterocycles. The molecule has 2 aromatic rings. The summed E-state index contributed by atoms with van der Waals surface area (Å²) in [7, 11) is 0. The average molecular weight is 390 g/mol. The summed E-state index contributed by atoms with van der Waals surface area (Å²) in [5.74, 6) is 0.561. The summed E-state index contributed by atoms with van der Waals surface area (Å²) in [6.07, 6.45) is 1.74. The van der Waals surface area contributed by atoms with E-state index < -0.39 is 0 Å². The molecule has 0 saturated carbocycles. The van der Waals surface area contributed by atoms with Gasteiger partial charge in [0.05, 0.1) is 4.47 Å².